The van der Waals surface area contributed by atoms with Crippen molar-refractivity contribution in [1.82, 2.24) is 15.2 Å². The number of hydrogen-bond donors (Lipinski definition) is 3. The van der Waals surface area contributed by atoms with E-state index in [2.05, 4.69) is 20.5 Å². The van der Waals surface area contributed by atoms with Crippen molar-refractivity contribution in [3.63, 3.8) is 0 Å². The Bertz CT molecular complexity index is 657. The molecular weight excluding hydrogens is 302 g/mol. The average Bonchev–Trinajstić information content (AvgIpc) is 3.08. The van der Waals surface area contributed by atoms with Crippen molar-refractivity contribution in [3.05, 3.63) is 30.1 Å². The molecule has 1 aromatic heterocycles. The average molecular weight is 322 g/mol. The maximum atomic E-state index is 12.2. The molecule has 2 atom stereocenters. The van der Waals surface area contributed by atoms with Crippen LogP contribution >= 0.6 is 12.4 Å². The van der Waals surface area contributed by atoms with Crippen molar-refractivity contribution in [2.75, 3.05) is 5.32 Å². The highest BCUT2D eigenvalue weighted by Crippen LogP contribution is 2.26. The minimum Gasteiger partial charge on any atom is -0.328 e. The number of nitrogens with two attached hydrogens (primary N) is 1. The number of aromatic nitrogens is 3. The summed E-state index contributed by atoms with van der Waals surface area (Å²) < 4.78 is 0. The number of carbonyl (C=O) groups excluding carboxylic acids is 1. The van der Waals surface area contributed by atoms with E-state index in [-0.39, 0.29) is 30.3 Å². The first-order chi connectivity index (χ1) is 10.1. The van der Waals surface area contributed by atoms with Gasteiger partial charge in [-0.1, -0.05) is 12.1 Å². The van der Waals surface area contributed by atoms with Crippen LogP contribution in [0.2, 0.25) is 0 Å². The molecule has 118 valence electrons. The topological polar surface area (TPSA) is 96.7 Å². The molecule has 0 radical (unpaired) electrons. The Hall–Kier alpha value is -1.92. The minimum atomic E-state index is 0. The van der Waals surface area contributed by atoms with Crippen molar-refractivity contribution in [1.29, 1.82) is 0 Å². The molecule has 1 aliphatic carbocycles. The van der Waals surface area contributed by atoms with Crippen LogP contribution in [0.4, 0.5) is 5.69 Å². The third-order valence-corrected chi connectivity index (χ3v) is 3.83. The van der Waals surface area contributed by atoms with E-state index < -0.39 is 0 Å². The first-order valence-corrected chi connectivity index (χ1v) is 7.17. The Morgan fingerprint density at radius 3 is 2.86 bits per heavy atom. The van der Waals surface area contributed by atoms with Gasteiger partial charge < -0.3 is 11.1 Å². The molecule has 1 aliphatic rings. The van der Waals surface area contributed by atoms with Gasteiger partial charge in [-0.05, 0) is 38.3 Å². The number of nitrogens with one attached hydrogen (secondary N) is 2. The molecule has 1 fully saturated rings. The Morgan fingerprint density at radius 2 is 2.23 bits per heavy atom. The van der Waals surface area contributed by atoms with E-state index in [9.17, 15) is 4.79 Å². The van der Waals surface area contributed by atoms with Gasteiger partial charge in [-0.3, -0.25) is 9.89 Å². The lowest BCUT2D eigenvalue weighted by molar-refractivity contribution is -0.119. The van der Waals surface area contributed by atoms with Crippen LogP contribution in [-0.4, -0.2) is 27.1 Å². The normalized spacial score (nSPS) is 20.5. The summed E-state index contributed by atoms with van der Waals surface area (Å²) in [6, 6.07) is 7.72. The summed E-state index contributed by atoms with van der Waals surface area (Å²) >= 11 is 0. The molecule has 0 saturated heterocycles. The van der Waals surface area contributed by atoms with Crippen molar-refractivity contribution in [2.24, 2.45) is 11.7 Å². The predicted octanol–water partition coefficient (Wildman–Crippen LogP) is 2.27. The number of hydrogen-bond acceptors (Lipinski definition) is 4. The molecular formula is C15H20ClN5O. The smallest absolute Gasteiger partial charge is 0.227 e. The van der Waals surface area contributed by atoms with Crippen molar-refractivity contribution < 1.29 is 4.79 Å². The van der Waals surface area contributed by atoms with E-state index in [1.165, 1.54) is 0 Å². The van der Waals surface area contributed by atoms with Gasteiger partial charge >= 0.3 is 0 Å². The zero-order valence-corrected chi connectivity index (χ0v) is 13.2. The van der Waals surface area contributed by atoms with Crippen LogP contribution in [0, 0.1) is 12.8 Å². The van der Waals surface area contributed by atoms with Gasteiger partial charge in [0.2, 0.25) is 5.91 Å². The molecule has 0 aliphatic heterocycles. The summed E-state index contributed by atoms with van der Waals surface area (Å²) in [7, 11) is 0. The summed E-state index contributed by atoms with van der Waals surface area (Å²) in [5, 5.41) is 9.90. The van der Waals surface area contributed by atoms with Crippen molar-refractivity contribution in [2.45, 2.75) is 32.2 Å². The molecule has 0 spiro atoms. The number of halogens is 1. The number of aromatic amines is 1. The number of aryl methyl sites for hydroxylation is 1. The number of amides is 1. The molecule has 0 bridgehead atoms. The van der Waals surface area contributed by atoms with Gasteiger partial charge in [0.15, 0.2) is 5.82 Å². The minimum absolute atomic E-state index is 0. The Labute approximate surface area is 135 Å². The summed E-state index contributed by atoms with van der Waals surface area (Å²) in [6.07, 6.45) is 2.56. The molecule has 1 heterocycles. The molecule has 4 N–H and O–H groups in total. The van der Waals surface area contributed by atoms with Gasteiger partial charge in [-0.15, -0.1) is 12.4 Å². The second-order valence-corrected chi connectivity index (χ2v) is 5.58. The fourth-order valence-corrected chi connectivity index (χ4v) is 2.71. The van der Waals surface area contributed by atoms with E-state index in [1.54, 1.807) is 0 Å². The molecule has 1 saturated carbocycles. The van der Waals surface area contributed by atoms with Crippen molar-refractivity contribution >= 4 is 24.0 Å². The van der Waals surface area contributed by atoms with Gasteiger partial charge in [-0.2, -0.15) is 5.10 Å². The van der Waals surface area contributed by atoms with E-state index in [4.69, 9.17) is 5.73 Å². The van der Waals surface area contributed by atoms with Crippen LogP contribution in [0.25, 0.3) is 11.4 Å². The lowest BCUT2D eigenvalue weighted by Crippen LogP contribution is -2.23. The van der Waals surface area contributed by atoms with E-state index in [0.29, 0.717) is 5.82 Å². The van der Waals surface area contributed by atoms with Gasteiger partial charge in [-0.25, -0.2) is 4.98 Å². The number of benzene rings is 1. The van der Waals surface area contributed by atoms with Gasteiger partial charge in [0.1, 0.15) is 5.82 Å². The van der Waals surface area contributed by atoms with Crippen LogP contribution in [0.15, 0.2) is 24.3 Å². The highest BCUT2D eigenvalue weighted by molar-refractivity contribution is 5.93. The van der Waals surface area contributed by atoms with Gasteiger partial charge in [0, 0.05) is 23.2 Å². The predicted molar refractivity (Wildman–Crippen MR) is 87.7 cm³/mol. The molecule has 1 amide bonds. The molecule has 3 rings (SSSR count). The Balaban J connectivity index is 0.00000176. The fourth-order valence-electron chi connectivity index (χ4n) is 2.71. The number of rotatable bonds is 3. The summed E-state index contributed by atoms with van der Waals surface area (Å²) in [4.78, 5) is 16.5. The lowest BCUT2D eigenvalue weighted by atomic mass is 10.1. The lowest BCUT2D eigenvalue weighted by Gasteiger charge is -2.11. The number of carbonyl (C=O) groups is 1. The number of H-pyrrole nitrogens is 1. The Morgan fingerprint density at radius 1 is 1.41 bits per heavy atom. The molecule has 2 aromatic rings. The molecule has 1 aromatic carbocycles. The first-order valence-electron chi connectivity index (χ1n) is 7.17. The van der Waals surface area contributed by atoms with Crippen LogP contribution in [-0.2, 0) is 4.79 Å². The quantitative estimate of drug-likeness (QED) is 0.807. The van der Waals surface area contributed by atoms with Crippen molar-refractivity contribution in [3.8, 4) is 11.4 Å². The maximum Gasteiger partial charge on any atom is 0.227 e. The van der Waals surface area contributed by atoms with Crippen LogP contribution in [0.3, 0.4) is 0 Å². The third kappa shape index (κ3) is 3.64. The fraction of sp³-hybridized carbons (Fsp3) is 0.400. The summed E-state index contributed by atoms with van der Waals surface area (Å²) in [6.45, 7) is 1.85. The second kappa shape index (κ2) is 6.89. The molecule has 22 heavy (non-hydrogen) atoms. The molecule has 6 nitrogen and oxygen atoms in total. The summed E-state index contributed by atoms with van der Waals surface area (Å²) in [5.41, 5.74) is 7.50. The number of nitrogens with zero attached hydrogens (tertiary/aromatic N) is 2. The molecule has 2 unspecified atom stereocenters. The van der Waals surface area contributed by atoms with Gasteiger partial charge in [0.25, 0.3) is 0 Å². The first kappa shape index (κ1) is 16.5. The third-order valence-electron chi connectivity index (χ3n) is 3.83. The van der Waals surface area contributed by atoms with Crippen LogP contribution in [0.1, 0.15) is 25.1 Å². The van der Waals surface area contributed by atoms with E-state index in [0.717, 1.165) is 36.3 Å². The van der Waals surface area contributed by atoms with E-state index in [1.807, 2.05) is 31.2 Å². The highest BCUT2D eigenvalue weighted by atomic mass is 35.5. The number of anilines is 1. The van der Waals surface area contributed by atoms with Gasteiger partial charge in [0.05, 0.1) is 0 Å². The Kier molecular flexibility index (Phi) is 5.15. The van der Waals surface area contributed by atoms with Crippen LogP contribution < -0.4 is 11.1 Å². The monoisotopic (exact) mass is 321 g/mol. The standard InChI is InChI=1S/C15H19N5O.ClH/c1-9-17-14(20-19-9)10-3-2-4-13(8-10)18-15(21)11-5-6-12(16)7-11;/h2-4,8,11-12H,5-7,16H2,1H3,(H,18,21)(H,17,19,20);1H. The molecule has 7 heteroatoms. The SMILES string of the molecule is Cc1nc(-c2cccc(NC(=O)C3CCC(N)C3)c2)n[nH]1.Cl. The largest absolute Gasteiger partial charge is 0.328 e. The second-order valence-electron chi connectivity index (χ2n) is 5.58. The summed E-state index contributed by atoms with van der Waals surface area (Å²) in [5.74, 6) is 1.46. The highest BCUT2D eigenvalue weighted by Gasteiger charge is 2.27. The zero-order chi connectivity index (χ0) is 14.8. The maximum absolute atomic E-state index is 12.2. The van der Waals surface area contributed by atoms with Crippen LogP contribution in [0.5, 0.6) is 0 Å². The van der Waals surface area contributed by atoms with E-state index >= 15 is 0 Å². The zero-order valence-electron chi connectivity index (χ0n) is 12.4.